The molecule has 5 heteroatoms. The molecule has 4 nitrogen and oxygen atoms in total. The summed E-state index contributed by atoms with van der Waals surface area (Å²) in [5.74, 6) is -0.910. The summed E-state index contributed by atoms with van der Waals surface area (Å²) in [6, 6.07) is 0. The maximum absolute atomic E-state index is 10.7. The Morgan fingerprint density at radius 2 is 2.50 bits per heavy atom. The number of likely N-dealkylation sites (N-methyl/N-ethyl adjacent to an activating group) is 1. The fourth-order valence-corrected chi connectivity index (χ4v) is 2.51. The van der Waals surface area contributed by atoms with Crippen molar-refractivity contribution in [2.45, 2.75) is 19.9 Å². The second-order valence-electron chi connectivity index (χ2n) is 3.31. The van der Waals surface area contributed by atoms with E-state index < -0.39 is 5.97 Å². The van der Waals surface area contributed by atoms with Crippen LogP contribution in [0.4, 0.5) is 0 Å². The van der Waals surface area contributed by atoms with E-state index in [4.69, 9.17) is 5.11 Å². The highest BCUT2D eigenvalue weighted by Gasteiger charge is 2.21. The van der Waals surface area contributed by atoms with Gasteiger partial charge in [-0.05, 0) is 13.0 Å². The molecule has 1 aromatic heterocycles. The van der Waals surface area contributed by atoms with Gasteiger partial charge in [-0.2, -0.15) is 0 Å². The zero-order chi connectivity index (χ0) is 10.1. The Morgan fingerprint density at radius 3 is 3.14 bits per heavy atom. The van der Waals surface area contributed by atoms with Crippen LogP contribution in [0.5, 0.6) is 0 Å². The molecule has 0 atom stereocenters. The van der Waals surface area contributed by atoms with Gasteiger partial charge in [-0.3, -0.25) is 4.90 Å². The number of hydrogen-bond acceptors (Lipinski definition) is 4. The molecule has 1 aromatic rings. The standard InChI is InChI=1S/C9H12N2O2S/c1-2-11-4-3-7-6(5-11)10-8(14-7)9(12)13/h2-5H2,1H3,(H,12,13). The van der Waals surface area contributed by atoms with Crippen molar-refractivity contribution in [3.8, 4) is 0 Å². The minimum Gasteiger partial charge on any atom is -0.476 e. The summed E-state index contributed by atoms with van der Waals surface area (Å²) in [5.41, 5.74) is 0.959. The number of thiazole rings is 1. The van der Waals surface area contributed by atoms with Gasteiger partial charge < -0.3 is 5.11 Å². The highest BCUT2D eigenvalue weighted by molar-refractivity contribution is 7.13. The van der Waals surface area contributed by atoms with Crippen molar-refractivity contribution in [1.82, 2.24) is 9.88 Å². The third-order valence-corrected chi connectivity index (χ3v) is 3.58. The van der Waals surface area contributed by atoms with Gasteiger partial charge >= 0.3 is 5.97 Å². The normalized spacial score (nSPS) is 16.6. The predicted octanol–water partition coefficient (Wildman–Crippen LogP) is 1.22. The Bertz CT molecular complexity index is 362. The Labute approximate surface area is 86.2 Å². The van der Waals surface area contributed by atoms with Gasteiger partial charge in [0.25, 0.3) is 0 Å². The lowest BCUT2D eigenvalue weighted by atomic mass is 10.2. The van der Waals surface area contributed by atoms with Crippen LogP contribution in [0.3, 0.4) is 0 Å². The average Bonchev–Trinajstić information content (AvgIpc) is 2.59. The van der Waals surface area contributed by atoms with Crippen LogP contribution in [0.25, 0.3) is 0 Å². The monoisotopic (exact) mass is 212 g/mol. The van der Waals surface area contributed by atoms with Gasteiger partial charge in [0.05, 0.1) is 5.69 Å². The lowest BCUT2D eigenvalue weighted by Gasteiger charge is -2.23. The number of carboxylic acids is 1. The first-order valence-corrected chi connectivity index (χ1v) is 5.46. The number of aromatic nitrogens is 1. The zero-order valence-corrected chi connectivity index (χ0v) is 8.80. The number of carboxylic acid groups (broad SMARTS) is 1. The molecule has 0 unspecified atom stereocenters. The summed E-state index contributed by atoms with van der Waals surface area (Å²) in [4.78, 5) is 18.2. The van der Waals surface area contributed by atoms with Crippen molar-refractivity contribution >= 4 is 17.3 Å². The fraction of sp³-hybridized carbons (Fsp3) is 0.556. The predicted molar refractivity (Wildman–Crippen MR) is 53.7 cm³/mol. The zero-order valence-electron chi connectivity index (χ0n) is 7.99. The third kappa shape index (κ3) is 1.65. The first kappa shape index (κ1) is 9.61. The highest BCUT2D eigenvalue weighted by atomic mass is 32.1. The maximum Gasteiger partial charge on any atom is 0.365 e. The molecule has 1 aliphatic heterocycles. The van der Waals surface area contributed by atoms with E-state index in [2.05, 4.69) is 16.8 Å². The first-order valence-electron chi connectivity index (χ1n) is 4.65. The van der Waals surface area contributed by atoms with Crippen molar-refractivity contribution < 1.29 is 9.90 Å². The highest BCUT2D eigenvalue weighted by Crippen LogP contribution is 2.24. The van der Waals surface area contributed by atoms with Crippen LogP contribution in [0.2, 0.25) is 0 Å². The van der Waals surface area contributed by atoms with Crippen LogP contribution < -0.4 is 0 Å². The maximum atomic E-state index is 10.7. The van der Waals surface area contributed by atoms with Crippen molar-refractivity contribution in [2.75, 3.05) is 13.1 Å². The van der Waals surface area contributed by atoms with Crippen LogP contribution in [-0.4, -0.2) is 34.0 Å². The van der Waals surface area contributed by atoms with E-state index in [1.54, 1.807) is 0 Å². The minimum absolute atomic E-state index is 0.230. The van der Waals surface area contributed by atoms with E-state index in [0.717, 1.165) is 36.6 Å². The summed E-state index contributed by atoms with van der Waals surface area (Å²) in [5, 5.41) is 9.02. The second-order valence-corrected chi connectivity index (χ2v) is 4.40. The van der Waals surface area contributed by atoms with Gasteiger partial charge in [-0.25, -0.2) is 9.78 Å². The van der Waals surface area contributed by atoms with Crippen LogP contribution in [0.1, 0.15) is 27.3 Å². The first-order chi connectivity index (χ1) is 6.70. The molecular formula is C9H12N2O2S. The van der Waals surface area contributed by atoms with E-state index >= 15 is 0 Å². The molecule has 0 spiro atoms. The number of aromatic carboxylic acids is 1. The summed E-state index contributed by atoms with van der Waals surface area (Å²) < 4.78 is 0. The number of nitrogens with zero attached hydrogens (tertiary/aromatic N) is 2. The Morgan fingerprint density at radius 1 is 1.71 bits per heavy atom. The number of hydrogen-bond donors (Lipinski definition) is 1. The second kappa shape index (κ2) is 3.67. The number of fused-ring (bicyclic) bond motifs is 1. The van der Waals surface area contributed by atoms with E-state index in [1.807, 2.05) is 0 Å². The average molecular weight is 212 g/mol. The van der Waals surface area contributed by atoms with Crippen LogP contribution in [0, 0.1) is 0 Å². The number of rotatable bonds is 2. The molecule has 2 heterocycles. The van der Waals surface area contributed by atoms with Gasteiger partial charge in [0.1, 0.15) is 0 Å². The van der Waals surface area contributed by atoms with E-state index in [9.17, 15) is 4.79 Å². The fourth-order valence-electron chi connectivity index (χ4n) is 1.61. The van der Waals surface area contributed by atoms with Crippen molar-refractivity contribution in [3.63, 3.8) is 0 Å². The van der Waals surface area contributed by atoms with Gasteiger partial charge in [-0.15, -0.1) is 11.3 Å². The number of carbonyl (C=O) groups is 1. The quantitative estimate of drug-likeness (QED) is 0.800. The smallest absolute Gasteiger partial charge is 0.365 e. The topological polar surface area (TPSA) is 53.4 Å². The Hall–Kier alpha value is -0.940. The molecule has 2 rings (SSSR count). The molecule has 1 N–H and O–H groups in total. The summed E-state index contributed by atoms with van der Waals surface area (Å²) >= 11 is 1.32. The van der Waals surface area contributed by atoms with Crippen molar-refractivity contribution in [2.24, 2.45) is 0 Å². The van der Waals surface area contributed by atoms with Gasteiger partial charge in [0.15, 0.2) is 0 Å². The molecule has 76 valence electrons. The van der Waals surface area contributed by atoms with Crippen LogP contribution in [0.15, 0.2) is 0 Å². The molecule has 0 aliphatic carbocycles. The molecule has 0 fully saturated rings. The lowest BCUT2D eigenvalue weighted by Crippen LogP contribution is -2.29. The molecule has 0 saturated carbocycles. The van der Waals surface area contributed by atoms with E-state index in [-0.39, 0.29) is 5.01 Å². The Kier molecular flexibility index (Phi) is 2.52. The summed E-state index contributed by atoms with van der Waals surface area (Å²) in [6.07, 6.45) is 0.939. The molecule has 0 saturated heterocycles. The molecule has 1 aliphatic rings. The summed E-state index contributed by atoms with van der Waals surface area (Å²) in [7, 11) is 0. The van der Waals surface area contributed by atoms with Gasteiger partial charge in [0, 0.05) is 18.0 Å². The van der Waals surface area contributed by atoms with E-state index in [1.165, 1.54) is 11.3 Å². The third-order valence-electron chi connectivity index (χ3n) is 2.44. The molecule has 14 heavy (non-hydrogen) atoms. The minimum atomic E-state index is -0.910. The van der Waals surface area contributed by atoms with Gasteiger partial charge in [0.2, 0.25) is 5.01 Å². The lowest BCUT2D eigenvalue weighted by molar-refractivity contribution is 0.0696. The largest absolute Gasteiger partial charge is 0.476 e. The van der Waals surface area contributed by atoms with E-state index in [0.29, 0.717) is 0 Å². The van der Waals surface area contributed by atoms with Crippen molar-refractivity contribution in [3.05, 3.63) is 15.6 Å². The molecular weight excluding hydrogens is 200 g/mol. The molecule has 0 bridgehead atoms. The van der Waals surface area contributed by atoms with Gasteiger partial charge in [-0.1, -0.05) is 6.92 Å². The summed E-state index contributed by atoms with van der Waals surface area (Å²) in [6.45, 7) is 4.93. The Balaban J connectivity index is 2.25. The van der Waals surface area contributed by atoms with Crippen LogP contribution in [-0.2, 0) is 13.0 Å². The SMILES string of the molecule is CCN1CCc2sc(C(=O)O)nc2C1. The molecule has 0 amide bonds. The van der Waals surface area contributed by atoms with Crippen LogP contribution >= 0.6 is 11.3 Å². The molecule has 0 aromatic carbocycles. The molecule has 0 radical (unpaired) electrons. The van der Waals surface area contributed by atoms with Crippen molar-refractivity contribution in [1.29, 1.82) is 0 Å².